The number of anilines is 1. The summed E-state index contributed by atoms with van der Waals surface area (Å²) in [4.78, 5) is 24.1. The Morgan fingerprint density at radius 1 is 1.33 bits per heavy atom. The number of aromatic nitrogens is 4. The van der Waals surface area contributed by atoms with E-state index in [1.165, 1.54) is 21.5 Å². The molecule has 33 heavy (non-hydrogen) atoms. The first-order chi connectivity index (χ1) is 15.7. The third-order valence-corrected chi connectivity index (χ3v) is 7.35. The molecule has 2 fully saturated rings. The van der Waals surface area contributed by atoms with Gasteiger partial charge in [0.25, 0.3) is 10.2 Å². The normalized spacial score (nSPS) is 28.9. The second-order valence-electron chi connectivity index (χ2n) is 7.93. The quantitative estimate of drug-likeness (QED) is 0.321. The van der Waals surface area contributed by atoms with Gasteiger partial charge in [-0.2, -0.15) is 17.4 Å². The third kappa shape index (κ3) is 4.64. The number of rotatable bonds is 7. The predicted octanol–water partition coefficient (Wildman–Crippen LogP) is -1.86. The highest BCUT2D eigenvalue weighted by Crippen LogP contribution is 2.32. The number of esters is 1. The van der Waals surface area contributed by atoms with Gasteiger partial charge in [0.05, 0.1) is 18.9 Å². The van der Waals surface area contributed by atoms with Crippen molar-refractivity contribution >= 4 is 33.2 Å². The molecule has 0 bridgehead atoms. The molecule has 4 rings (SSSR count). The summed E-state index contributed by atoms with van der Waals surface area (Å²) in [6, 6.07) is 0. The Hall–Kier alpha value is -2.43. The molecule has 2 aliphatic heterocycles. The van der Waals surface area contributed by atoms with Gasteiger partial charge in [-0.25, -0.2) is 15.0 Å². The minimum atomic E-state index is -3.96. The van der Waals surface area contributed by atoms with Crippen LogP contribution in [0.2, 0.25) is 0 Å². The van der Waals surface area contributed by atoms with Gasteiger partial charge < -0.3 is 25.4 Å². The zero-order valence-corrected chi connectivity index (χ0v) is 18.8. The second-order valence-corrected chi connectivity index (χ2v) is 9.69. The van der Waals surface area contributed by atoms with Crippen molar-refractivity contribution in [1.82, 2.24) is 28.5 Å². The van der Waals surface area contributed by atoms with E-state index >= 15 is 0 Å². The molecule has 5 N–H and O–H groups in total. The number of aliphatic hydroxyl groups is 2. The fourth-order valence-electron chi connectivity index (χ4n) is 4.08. The van der Waals surface area contributed by atoms with Crippen LogP contribution in [0.3, 0.4) is 0 Å². The minimum absolute atomic E-state index is 0.00957. The molecule has 14 nitrogen and oxygen atoms in total. The van der Waals surface area contributed by atoms with Crippen molar-refractivity contribution in [3.05, 3.63) is 12.7 Å². The molecule has 0 aliphatic carbocycles. The molecule has 2 saturated heterocycles. The molecule has 1 unspecified atom stereocenters. The molecule has 182 valence electrons. The summed E-state index contributed by atoms with van der Waals surface area (Å²) < 4.78 is 41.3. The van der Waals surface area contributed by atoms with E-state index in [-0.39, 0.29) is 32.1 Å². The number of hydrogen-bond acceptors (Lipinski definition) is 11. The lowest BCUT2D eigenvalue weighted by Crippen LogP contribution is -2.50. The SMILES string of the molecule is CCOC(=O)C1CCCN(S(=O)(=O)NC[C@H]2O[C@@H](n3cnc4c(N)ncnc43)[C@H](O)[C@@H]2O)C1. The number of nitrogens with zero attached hydrogens (tertiary/aromatic N) is 5. The van der Waals surface area contributed by atoms with Crippen molar-refractivity contribution in [3.8, 4) is 0 Å². The molecule has 2 aliphatic rings. The average molecular weight is 486 g/mol. The van der Waals surface area contributed by atoms with Crippen molar-refractivity contribution < 1.29 is 32.9 Å². The maximum Gasteiger partial charge on any atom is 0.310 e. The standard InChI is InChI=1S/C18H27N7O7S/c1-2-31-18(28)10-4-3-5-24(7-10)33(29,30)23-6-11-13(26)14(27)17(32-11)25-9-22-12-15(19)20-8-21-16(12)25/h8-11,13-14,17,23,26-27H,2-7H2,1H3,(H2,19,20,21)/t10?,11-,13-,14-,17-/m1/s1. The van der Waals surface area contributed by atoms with Gasteiger partial charge in [0.1, 0.15) is 30.2 Å². The Morgan fingerprint density at radius 3 is 2.88 bits per heavy atom. The Morgan fingerprint density at radius 2 is 2.12 bits per heavy atom. The predicted molar refractivity (Wildman–Crippen MR) is 114 cm³/mol. The summed E-state index contributed by atoms with van der Waals surface area (Å²) in [6.45, 7) is 1.90. The zero-order chi connectivity index (χ0) is 23.8. The second kappa shape index (κ2) is 9.44. The van der Waals surface area contributed by atoms with E-state index in [0.717, 1.165) is 0 Å². The number of piperidine rings is 1. The topological polar surface area (TPSA) is 195 Å². The number of nitrogens with one attached hydrogen (secondary N) is 1. The van der Waals surface area contributed by atoms with Crippen molar-refractivity contribution in [2.24, 2.45) is 5.92 Å². The number of ether oxygens (including phenoxy) is 2. The molecule has 4 heterocycles. The van der Waals surface area contributed by atoms with E-state index in [0.29, 0.717) is 24.0 Å². The van der Waals surface area contributed by atoms with Crippen LogP contribution in [-0.4, -0.2) is 93.0 Å². The molecule has 0 spiro atoms. The lowest BCUT2D eigenvalue weighted by atomic mass is 10.0. The molecule has 0 radical (unpaired) electrons. The highest BCUT2D eigenvalue weighted by molar-refractivity contribution is 7.87. The number of carbonyl (C=O) groups is 1. The van der Waals surface area contributed by atoms with Crippen LogP contribution < -0.4 is 10.5 Å². The van der Waals surface area contributed by atoms with Crippen LogP contribution in [0, 0.1) is 5.92 Å². The van der Waals surface area contributed by atoms with Crippen LogP contribution in [0.1, 0.15) is 26.0 Å². The average Bonchev–Trinajstić information content (AvgIpc) is 3.35. The van der Waals surface area contributed by atoms with Gasteiger partial charge in [-0.3, -0.25) is 9.36 Å². The molecular formula is C18H27N7O7S. The van der Waals surface area contributed by atoms with E-state index in [9.17, 15) is 23.4 Å². The first kappa shape index (κ1) is 23.7. The summed E-state index contributed by atoms with van der Waals surface area (Å²) in [5, 5.41) is 21.0. The Labute approximate surface area is 189 Å². The summed E-state index contributed by atoms with van der Waals surface area (Å²) in [5.41, 5.74) is 6.40. The van der Waals surface area contributed by atoms with E-state index in [1.54, 1.807) is 6.92 Å². The Balaban J connectivity index is 1.42. The third-order valence-electron chi connectivity index (χ3n) is 5.81. The van der Waals surface area contributed by atoms with E-state index in [1.807, 2.05) is 0 Å². The molecule has 0 aromatic carbocycles. The van der Waals surface area contributed by atoms with E-state index in [4.69, 9.17) is 15.2 Å². The summed E-state index contributed by atoms with van der Waals surface area (Å²) in [6.07, 6.45) is -1.17. The molecule has 2 aromatic heterocycles. The zero-order valence-electron chi connectivity index (χ0n) is 17.9. The first-order valence-electron chi connectivity index (χ1n) is 10.6. The lowest BCUT2D eigenvalue weighted by molar-refractivity contribution is -0.149. The number of nitrogens with two attached hydrogens (primary N) is 1. The van der Waals surface area contributed by atoms with Crippen LogP contribution in [0.25, 0.3) is 11.2 Å². The van der Waals surface area contributed by atoms with Gasteiger partial charge in [-0.05, 0) is 19.8 Å². The van der Waals surface area contributed by atoms with Crippen LogP contribution >= 0.6 is 0 Å². The number of fused-ring (bicyclic) bond motifs is 1. The van der Waals surface area contributed by atoms with Crippen molar-refractivity contribution in [2.75, 3.05) is 32.0 Å². The Kier molecular flexibility index (Phi) is 6.78. The van der Waals surface area contributed by atoms with Gasteiger partial charge in [-0.15, -0.1) is 0 Å². The van der Waals surface area contributed by atoms with Gasteiger partial charge in [0.15, 0.2) is 17.7 Å². The number of nitrogen functional groups attached to an aromatic ring is 1. The summed E-state index contributed by atoms with van der Waals surface area (Å²) >= 11 is 0. The highest BCUT2D eigenvalue weighted by Gasteiger charge is 2.45. The molecule has 15 heteroatoms. The van der Waals surface area contributed by atoms with E-state index in [2.05, 4.69) is 19.7 Å². The van der Waals surface area contributed by atoms with Crippen LogP contribution in [-0.2, 0) is 24.5 Å². The summed E-state index contributed by atoms with van der Waals surface area (Å²) in [5.74, 6) is -0.799. The maximum absolute atomic E-state index is 12.8. The van der Waals surface area contributed by atoms with Crippen molar-refractivity contribution in [3.63, 3.8) is 0 Å². The smallest absolute Gasteiger partial charge is 0.310 e. The monoisotopic (exact) mass is 485 g/mol. The van der Waals surface area contributed by atoms with E-state index < -0.39 is 46.6 Å². The van der Waals surface area contributed by atoms with Gasteiger partial charge in [-0.1, -0.05) is 0 Å². The van der Waals surface area contributed by atoms with Crippen molar-refractivity contribution in [2.45, 2.75) is 44.3 Å². The van der Waals surface area contributed by atoms with Crippen LogP contribution in [0.5, 0.6) is 0 Å². The molecule has 5 atom stereocenters. The lowest BCUT2D eigenvalue weighted by Gasteiger charge is -2.31. The minimum Gasteiger partial charge on any atom is -0.466 e. The number of imidazole rings is 1. The van der Waals surface area contributed by atoms with Gasteiger partial charge in [0.2, 0.25) is 0 Å². The number of aliphatic hydroxyl groups excluding tert-OH is 2. The molecule has 2 aromatic rings. The first-order valence-corrected chi connectivity index (χ1v) is 12.0. The van der Waals surface area contributed by atoms with Crippen LogP contribution in [0.15, 0.2) is 12.7 Å². The van der Waals surface area contributed by atoms with Gasteiger partial charge >= 0.3 is 5.97 Å². The maximum atomic E-state index is 12.8. The number of hydrogen-bond donors (Lipinski definition) is 4. The molecular weight excluding hydrogens is 458 g/mol. The fraction of sp³-hybridized carbons (Fsp3) is 0.667. The molecule has 0 saturated carbocycles. The highest BCUT2D eigenvalue weighted by atomic mass is 32.2. The fourth-order valence-corrected chi connectivity index (χ4v) is 5.38. The van der Waals surface area contributed by atoms with Gasteiger partial charge in [0, 0.05) is 19.6 Å². The largest absolute Gasteiger partial charge is 0.466 e. The van der Waals surface area contributed by atoms with Crippen LogP contribution in [0.4, 0.5) is 5.82 Å². The summed E-state index contributed by atoms with van der Waals surface area (Å²) in [7, 11) is -3.96. The van der Waals surface area contributed by atoms with Crippen molar-refractivity contribution in [1.29, 1.82) is 0 Å². The Bertz CT molecular complexity index is 1110. The number of carbonyl (C=O) groups excluding carboxylic acids is 1. The molecule has 0 amide bonds.